The first-order valence-corrected chi connectivity index (χ1v) is 18.7. The van der Waals surface area contributed by atoms with E-state index in [-0.39, 0.29) is 76.2 Å². The second kappa shape index (κ2) is 15.3. The second-order valence-corrected chi connectivity index (χ2v) is 16.2. The smallest absolute Gasteiger partial charge is 0.437 e. The molecule has 8 atom stereocenters. The number of esters is 2. The van der Waals surface area contributed by atoms with E-state index < -0.39 is 126 Å². The fourth-order valence-electron chi connectivity index (χ4n) is 11.1. The molecule has 0 aromatic heterocycles. The molecule has 55 heavy (non-hydrogen) atoms. The van der Waals surface area contributed by atoms with Gasteiger partial charge in [-0.05, 0) is 100 Å². The Hall–Kier alpha value is -2.66. The van der Waals surface area contributed by atoms with Crippen molar-refractivity contribution in [3.8, 4) is 0 Å². The third-order valence-corrected chi connectivity index (χ3v) is 13.2. The van der Waals surface area contributed by atoms with Gasteiger partial charge in [-0.15, -0.1) is 0 Å². The number of alkyl halides is 12. The van der Waals surface area contributed by atoms with Crippen molar-refractivity contribution < 1.29 is 81.6 Å². The third kappa shape index (κ3) is 7.59. The minimum absolute atomic E-state index is 0.0171. The number of hydrogen-bond acceptors (Lipinski definition) is 6. The van der Waals surface area contributed by atoms with Crippen LogP contribution >= 0.6 is 0 Å². The van der Waals surface area contributed by atoms with Gasteiger partial charge in [0.05, 0.1) is 0 Å². The monoisotopic (exact) mass is 814 g/mol. The number of fused-ring (bicyclic) bond motifs is 3. The van der Waals surface area contributed by atoms with Crippen molar-refractivity contribution in [1.29, 1.82) is 0 Å². The molecule has 5 rings (SSSR count). The zero-order valence-electron chi connectivity index (χ0n) is 30.1. The van der Waals surface area contributed by atoms with Crippen molar-refractivity contribution in [2.75, 3.05) is 0 Å². The molecule has 5 aliphatic carbocycles. The van der Waals surface area contributed by atoms with Crippen LogP contribution in [0.2, 0.25) is 0 Å². The number of aliphatic hydroxyl groups is 1. The number of carbonyl (C=O) groups excluding carboxylic acids is 2. The molecular weight excluding hydrogens is 768 g/mol. The molecule has 0 aromatic carbocycles. The third-order valence-electron chi connectivity index (χ3n) is 13.2. The van der Waals surface area contributed by atoms with Crippen molar-refractivity contribution in [3.63, 3.8) is 0 Å². The van der Waals surface area contributed by atoms with Crippen molar-refractivity contribution in [3.05, 3.63) is 24.5 Å². The van der Waals surface area contributed by atoms with E-state index in [0.29, 0.717) is 6.42 Å². The van der Waals surface area contributed by atoms with Gasteiger partial charge >= 0.3 is 42.2 Å². The van der Waals surface area contributed by atoms with E-state index in [1.165, 1.54) is 6.92 Å². The lowest BCUT2D eigenvalue weighted by molar-refractivity contribution is -0.403. The van der Waals surface area contributed by atoms with Crippen LogP contribution < -0.4 is 0 Å². The first kappa shape index (κ1) is 43.5. The Labute approximate surface area is 310 Å². The number of carbonyl (C=O) groups is 2. The summed E-state index contributed by atoms with van der Waals surface area (Å²) >= 11 is 0. The number of rotatable bonds is 8. The maximum atomic E-state index is 15.2. The standard InChI is InChI=1S/C37H46F12O6/c1-18(2)30(50)53-27-17-16-26(20-10-4-5-11-21(20)27)33(36(44,45)46,37(47,48)49)55-19(3)31(51)54-29-24-14-8-6-12-22(24)28(23-13-7-9-15-25(23)29)32(52,34(38,39)40)35(41,42)43/h20-29,52H,1,3-17H2,2H3. The summed E-state index contributed by atoms with van der Waals surface area (Å²) in [6, 6.07) is 0. The molecule has 8 unspecified atom stereocenters. The highest BCUT2D eigenvalue weighted by atomic mass is 19.4. The predicted octanol–water partition coefficient (Wildman–Crippen LogP) is 10.1. The summed E-state index contributed by atoms with van der Waals surface area (Å²) in [7, 11) is 0. The van der Waals surface area contributed by atoms with Gasteiger partial charge in [0.15, 0.2) is 5.76 Å². The van der Waals surface area contributed by atoms with Gasteiger partial charge in [-0.1, -0.05) is 45.1 Å². The second-order valence-electron chi connectivity index (χ2n) is 16.2. The molecule has 0 spiro atoms. The average Bonchev–Trinajstić information content (AvgIpc) is 3.08. The Morgan fingerprint density at radius 1 is 0.545 bits per heavy atom. The molecule has 1 N–H and O–H groups in total. The van der Waals surface area contributed by atoms with Crippen molar-refractivity contribution in [1.82, 2.24) is 0 Å². The zero-order valence-corrected chi connectivity index (χ0v) is 30.1. The number of ether oxygens (including phenoxy) is 3. The minimum Gasteiger partial charge on any atom is -0.461 e. The van der Waals surface area contributed by atoms with Gasteiger partial charge < -0.3 is 19.3 Å². The highest BCUT2D eigenvalue weighted by molar-refractivity contribution is 5.87. The van der Waals surface area contributed by atoms with E-state index in [1.807, 2.05) is 0 Å². The molecule has 0 radical (unpaired) electrons. The van der Waals surface area contributed by atoms with E-state index >= 15 is 26.3 Å². The van der Waals surface area contributed by atoms with E-state index in [4.69, 9.17) is 14.2 Å². The lowest BCUT2D eigenvalue weighted by atomic mass is 9.50. The maximum Gasteiger partial charge on any atom is 0.437 e. The van der Waals surface area contributed by atoms with Gasteiger partial charge in [-0.3, -0.25) is 0 Å². The summed E-state index contributed by atoms with van der Waals surface area (Å²) in [6.07, 6.45) is -27.3. The van der Waals surface area contributed by atoms with Crippen molar-refractivity contribution in [2.24, 2.45) is 47.3 Å². The Kier molecular flexibility index (Phi) is 12.1. The normalized spacial score (nSPS) is 33.6. The van der Waals surface area contributed by atoms with Gasteiger partial charge in [0.1, 0.15) is 12.2 Å². The summed E-state index contributed by atoms with van der Waals surface area (Å²) in [5.74, 6) is -16.8. The van der Waals surface area contributed by atoms with E-state index in [2.05, 4.69) is 13.2 Å². The summed E-state index contributed by atoms with van der Waals surface area (Å²) in [5.41, 5.74) is -10.1. The highest BCUT2D eigenvalue weighted by Crippen LogP contribution is 2.63. The van der Waals surface area contributed by atoms with Crippen LogP contribution in [0.1, 0.15) is 96.8 Å². The topological polar surface area (TPSA) is 82.1 Å². The molecule has 18 heteroatoms. The van der Waals surface area contributed by atoms with E-state index in [1.54, 1.807) is 0 Å². The van der Waals surface area contributed by atoms with Crippen LogP contribution in [-0.4, -0.2) is 65.2 Å². The van der Waals surface area contributed by atoms with Crippen LogP contribution in [0.4, 0.5) is 52.7 Å². The summed E-state index contributed by atoms with van der Waals surface area (Å²) in [5, 5.41) is 10.7. The average molecular weight is 815 g/mol. The molecule has 6 nitrogen and oxygen atoms in total. The van der Waals surface area contributed by atoms with Crippen LogP contribution in [0.5, 0.6) is 0 Å². The first-order valence-electron chi connectivity index (χ1n) is 18.7. The van der Waals surface area contributed by atoms with Gasteiger partial charge in [-0.2, -0.15) is 52.7 Å². The van der Waals surface area contributed by atoms with Gasteiger partial charge in [0.25, 0.3) is 5.60 Å². The zero-order chi connectivity index (χ0) is 41.1. The lowest BCUT2D eigenvalue weighted by Crippen LogP contribution is -2.69. The molecule has 0 amide bonds. The fraction of sp³-hybridized carbons (Fsp3) is 0.838. The quantitative estimate of drug-likeness (QED) is 0.114. The van der Waals surface area contributed by atoms with Crippen LogP contribution in [0, 0.1) is 47.3 Å². The Morgan fingerprint density at radius 2 is 0.964 bits per heavy atom. The van der Waals surface area contributed by atoms with Crippen molar-refractivity contribution in [2.45, 2.75) is 145 Å². The van der Waals surface area contributed by atoms with E-state index in [9.17, 15) is 41.0 Å². The van der Waals surface area contributed by atoms with Crippen molar-refractivity contribution >= 4 is 11.9 Å². The van der Waals surface area contributed by atoms with Gasteiger partial charge in [0.2, 0.25) is 0 Å². The predicted molar refractivity (Wildman–Crippen MR) is 169 cm³/mol. The molecule has 0 bridgehead atoms. The molecule has 314 valence electrons. The largest absolute Gasteiger partial charge is 0.461 e. The molecule has 0 aliphatic heterocycles. The Balaban J connectivity index is 1.48. The lowest BCUT2D eigenvalue weighted by Gasteiger charge is -2.58. The Morgan fingerprint density at radius 3 is 1.38 bits per heavy atom. The summed E-state index contributed by atoms with van der Waals surface area (Å²) < 4.78 is 193. The fourth-order valence-corrected chi connectivity index (χ4v) is 11.1. The van der Waals surface area contributed by atoms with Crippen LogP contribution in [0.3, 0.4) is 0 Å². The first-order chi connectivity index (χ1) is 25.3. The molecule has 5 saturated carbocycles. The van der Waals surface area contributed by atoms with Crippen LogP contribution in [0.15, 0.2) is 24.5 Å². The maximum absolute atomic E-state index is 15.2. The molecule has 5 fully saturated rings. The molecular formula is C37H46F12O6. The summed E-state index contributed by atoms with van der Waals surface area (Å²) in [4.78, 5) is 26.0. The highest BCUT2D eigenvalue weighted by Gasteiger charge is 2.80. The van der Waals surface area contributed by atoms with Crippen LogP contribution in [-0.2, 0) is 23.8 Å². The van der Waals surface area contributed by atoms with Crippen LogP contribution in [0.25, 0.3) is 0 Å². The SMILES string of the molecule is C=C(C)C(=O)OC1CCC(C(OC(=C)C(=O)OC2C3CCCCC3C(C(O)(C(F)(F)F)C(F)(F)F)C3CCCCC32)(C(F)(F)F)C(F)(F)F)C2CCCCC12. The van der Waals surface area contributed by atoms with E-state index in [0.717, 1.165) is 0 Å². The van der Waals surface area contributed by atoms with Gasteiger partial charge in [0, 0.05) is 17.4 Å². The molecule has 0 aromatic rings. The number of halogens is 12. The summed E-state index contributed by atoms with van der Waals surface area (Å²) in [6.45, 7) is 7.92. The molecule has 0 saturated heterocycles. The number of hydrogen-bond donors (Lipinski definition) is 1. The van der Waals surface area contributed by atoms with Gasteiger partial charge in [-0.25, -0.2) is 9.59 Å². The minimum atomic E-state index is -6.19. The molecule has 0 heterocycles. The Bertz CT molecular complexity index is 1400. The molecule has 5 aliphatic rings.